The molecule has 1 N–H and O–H groups in total. The highest BCUT2D eigenvalue weighted by Gasteiger charge is 2.35. The van der Waals surface area contributed by atoms with Crippen LogP contribution in [0, 0.1) is 0 Å². The molecule has 1 aliphatic heterocycles. The minimum atomic E-state index is -0.382. The molecule has 2 aromatic rings. The van der Waals surface area contributed by atoms with Gasteiger partial charge in [-0.25, -0.2) is 0 Å². The van der Waals surface area contributed by atoms with Crippen LogP contribution in [-0.4, -0.2) is 25.7 Å². The molecule has 1 amide bonds. The summed E-state index contributed by atoms with van der Waals surface area (Å²) in [6.07, 6.45) is 3.09. The Kier molecular flexibility index (Phi) is 5.63. The summed E-state index contributed by atoms with van der Waals surface area (Å²) in [7, 11) is 3.25. The van der Waals surface area contributed by atoms with Gasteiger partial charge in [0.2, 0.25) is 0 Å². The van der Waals surface area contributed by atoms with E-state index in [0.29, 0.717) is 18.4 Å². The van der Waals surface area contributed by atoms with Crippen LogP contribution in [0.5, 0.6) is 17.2 Å². The Bertz CT molecular complexity index is 888. The third-order valence-electron chi connectivity index (χ3n) is 4.89. The van der Waals surface area contributed by atoms with E-state index in [1.54, 1.807) is 26.4 Å². The fourth-order valence-corrected chi connectivity index (χ4v) is 3.56. The predicted molar refractivity (Wildman–Crippen MR) is 109 cm³/mol. The molecule has 0 bridgehead atoms. The SMILES string of the molecule is C=CCc1cc(C(=O)NC2CC(C)(C)Oc3ccc(OC)cc32)ccc1OC. The summed E-state index contributed by atoms with van der Waals surface area (Å²) < 4.78 is 16.8. The second-order valence-electron chi connectivity index (χ2n) is 7.52. The van der Waals surface area contributed by atoms with Gasteiger partial charge in [0, 0.05) is 17.5 Å². The normalized spacial score (nSPS) is 17.1. The first-order valence-corrected chi connectivity index (χ1v) is 9.32. The van der Waals surface area contributed by atoms with Crippen molar-refractivity contribution < 1.29 is 19.0 Å². The van der Waals surface area contributed by atoms with Crippen LogP contribution in [0.2, 0.25) is 0 Å². The van der Waals surface area contributed by atoms with E-state index in [4.69, 9.17) is 14.2 Å². The van der Waals surface area contributed by atoms with Crippen molar-refractivity contribution in [1.82, 2.24) is 5.32 Å². The fourth-order valence-electron chi connectivity index (χ4n) is 3.56. The standard InChI is InChI=1S/C23H27NO4/c1-6-7-15-12-16(8-10-20(15)27-5)22(25)24-19-14-23(2,3)28-21-11-9-17(26-4)13-18(19)21/h6,8-13,19H,1,7,14H2,2-5H3,(H,24,25). The minimum Gasteiger partial charge on any atom is -0.497 e. The minimum absolute atomic E-state index is 0.135. The van der Waals surface area contributed by atoms with E-state index in [9.17, 15) is 4.79 Å². The third-order valence-corrected chi connectivity index (χ3v) is 4.89. The number of allylic oxidation sites excluding steroid dienone is 1. The number of nitrogens with one attached hydrogen (secondary N) is 1. The largest absolute Gasteiger partial charge is 0.497 e. The van der Waals surface area contributed by atoms with E-state index in [0.717, 1.165) is 28.4 Å². The highest BCUT2D eigenvalue weighted by molar-refractivity contribution is 5.95. The van der Waals surface area contributed by atoms with Crippen LogP contribution in [0.3, 0.4) is 0 Å². The van der Waals surface area contributed by atoms with E-state index < -0.39 is 0 Å². The van der Waals surface area contributed by atoms with Gasteiger partial charge in [0.1, 0.15) is 22.8 Å². The van der Waals surface area contributed by atoms with Crippen molar-refractivity contribution in [3.8, 4) is 17.2 Å². The number of fused-ring (bicyclic) bond motifs is 1. The van der Waals surface area contributed by atoms with Crippen molar-refractivity contribution >= 4 is 5.91 Å². The molecule has 0 saturated carbocycles. The zero-order valence-electron chi connectivity index (χ0n) is 16.9. The molecular formula is C23H27NO4. The Balaban J connectivity index is 1.89. The number of benzene rings is 2. The molecule has 148 valence electrons. The number of rotatable bonds is 6. The van der Waals surface area contributed by atoms with Gasteiger partial charge in [0.05, 0.1) is 20.3 Å². The molecule has 0 radical (unpaired) electrons. The van der Waals surface area contributed by atoms with Crippen molar-refractivity contribution in [3.63, 3.8) is 0 Å². The van der Waals surface area contributed by atoms with Crippen LogP contribution in [0.1, 0.15) is 47.8 Å². The molecule has 5 heteroatoms. The summed E-state index contributed by atoms with van der Waals surface area (Å²) in [4.78, 5) is 13.0. The molecule has 28 heavy (non-hydrogen) atoms. The summed E-state index contributed by atoms with van der Waals surface area (Å²) in [5.74, 6) is 2.12. The quantitative estimate of drug-likeness (QED) is 0.751. The van der Waals surface area contributed by atoms with Crippen LogP contribution in [0.15, 0.2) is 49.1 Å². The van der Waals surface area contributed by atoms with Crippen molar-refractivity contribution in [2.75, 3.05) is 14.2 Å². The maximum absolute atomic E-state index is 13.0. The van der Waals surface area contributed by atoms with E-state index in [-0.39, 0.29) is 17.6 Å². The second-order valence-corrected chi connectivity index (χ2v) is 7.52. The van der Waals surface area contributed by atoms with Gasteiger partial charge < -0.3 is 19.5 Å². The van der Waals surface area contributed by atoms with Crippen molar-refractivity contribution in [3.05, 3.63) is 65.7 Å². The third kappa shape index (κ3) is 4.14. The van der Waals surface area contributed by atoms with Crippen LogP contribution in [0.4, 0.5) is 0 Å². The van der Waals surface area contributed by atoms with Crippen molar-refractivity contribution in [1.29, 1.82) is 0 Å². The first kappa shape index (κ1) is 19.8. The van der Waals surface area contributed by atoms with Gasteiger partial charge >= 0.3 is 0 Å². The molecule has 0 spiro atoms. The maximum atomic E-state index is 13.0. The Morgan fingerprint density at radius 2 is 2.04 bits per heavy atom. The summed E-state index contributed by atoms with van der Waals surface area (Å²) in [5.41, 5.74) is 2.06. The number of hydrogen-bond donors (Lipinski definition) is 1. The monoisotopic (exact) mass is 381 g/mol. The van der Waals surface area contributed by atoms with E-state index in [1.165, 1.54) is 0 Å². The lowest BCUT2D eigenvalue weighted by molar-refractivity contribution is 0.0618. The highest BCUT2D eigenvalue weighted by Crippen LogP contribution is 2.41. The molecule has 1 unspecified atom stereocenters. The number of hydrogen-bond acceptors (Lipinski definition) is 4. The molecule has 1 atom stereocenters. The summed E-state index contributed by atoms with van der Waals surface area (Å²) >= 11 is 0. The number of carbonyl (C=O) groups excluding carboxylic acids is 1. The summed E-state index contributed by atoms with van der Waals surface area (Å²) in [6, 6.07) is 11.0. The fraction of sp³-hybridized carbons (Fsp3) is 0.348. The van der Waals surface area contributed by atoms with Gasteiger partial charge in [0.15, 0.2) is 0 Å². The van der Waals surface area contributed by atoms with E-state index in [1.807, 2.05) is 44.2 Å². The second kappa shape index (κ2) is 7.97. The van der Waals surface area contributed by atoms with Crippen LogP contribution in [-0.2, 0) is 6.42 Å². The molecule has 0 fully saturated rings. The average molecular weight is 381 g/mol. The van der Waals surface area contributed by atoms with Crippen molar-refractivity contribution in [2.24, 2.45) is 0 Å². The average Bonchev–Trinajstić information content (AvgIpc) is 2.67. The van der Waals surface area contributed by atoms with Gasteiger partial charge in [-0.15, -0.1) is 6.58 Å². The zero-order chi connectivity index (χ0) is 20.3. The summed E-state index contributed by atoms with van der Waals surface area (Å²) in [6.45, 7) is 7.82. The molecule has 2 aromatic carbocycles. The van der Waals surface area contributed by atoms with E-state index in [2.05, 4.69) is 11.9 Å². The van der Waals surface area contributed by atoms with Gasteiger partial charge in [-0.3, -0.25) is 4.79 Å². The van der Waals surface area contributed by atoms with Crippen LogP contribution < -0.4 is 19.5 Å². The smallest absolute Gasteiger partial charge is 0.251 e. The number of amides is 1. The molecule has 0 aliphatic carbocycles. The van der Waals surface area contributed by atoms with Gasteiger partial charge in [0.25, 0.3) is 5.91 Å². The molecular weight excluding hydrogens is 354 g/mol. The van der Waals surface area contributed by atoms with Crippen LogP contribution in [0.25, 0.3) is 0 Å². The molecule has 1 heterocycles. The molecule has 1 aliphatic rings. The van der Waals surface area contributed by atoms with Gasteiger partial charge in [-0.05, 0) is 62.2 Å². The highest BCUT2D eigenvalue weighted by atomic mass is 16.5. The number of methoxy groups -OCH3 is 2. The van der Waals surface area contributed by atoms with Crippen molar-refractivity contribution in [2.45, 2.75) is 38.3 Å². The lowest BCUT2D eigenvalue weighted by Crippen LogP contribution is -2.41. The molecule has 3 rings (SSSR count). The molecule has 0 aromatic heterocycles. The number of carbonyl (C=O) groups is 1. The Hall–Kier alpha value is -2.95. The summed E-state index contributed by atoms with van der Waals surface area (Å²) in [5, 5.41) is 3.16. The Morgan fingerprint density at radius 3 is 2.71 bits per heavy atom. The molecule has 0 saturated heterocycles. The zero-order valence-corrected chi connectivity index (χ0v) is 16.9. The number of ether oxygens (including phenoxy) is 3. The lowest BCUT2D eigenvalue weighted by Gasteiger charge is -2.38. The lowest BCUT2D eigenvalue weighted by atomic mass is 9.89. The van der Waals surface area contributed by atoms with E-state index >= 15 is 0 Å². The van der Waals surface area contributed by atoms with Gasteiger partial charge in [-0.2, -0.15) is 0 Å². The van der Waals surface area contributed by atoms with Gasteiger partial charge in [-0.1, -0.05) is 6.08 Å². The topological polar surface area (TPSA) is 56.8 Å². The first-order valence-electron chi connectivity index (χ1n) is 9.32. The van der Waals surface area contributed by atoms with Crippen LogP contribution >= 0.6 is 0 Å². The maximum Gasteiger partial charge on any atom is 0.251 e. The Morgan fingerprint density at radius 1 is 1.25 bits per heavy atom. The molecule has 5 nitrogen and oxygen atoms in total. The first-order chi connectivity index (χ1) is 13.4. The predicted octanol–water partition coefficient (Wildman–Crippen LogP) is 4.46. The Labute approximate surface area is 166 Å².